The minimum atomic E-state index is -1.68. The zero-order valence-electron chi connectivity index (χ0n) is 23.2. The lowest BCUT2D eigenvalue weighted by molar-refractivity contribution is -0.203. The first-order valence-corrected chi connectivity index (χ1v) is 15.1. The normalized spacial score (nSPS) is 22.0. The van der Waals surface area contributed by atoms with Crippen LogP contribution in [-0.2, 0) is 39.8 Å². The number of amides is 2. The van der Waals surface area contributed by atoms with Gasteiger partial charge in [0.25, 0.3) is 11.6 Å². The van der Waals surface area contributed by atoms with Crippen molar-refractivity contribution in [1.82, 2.24) is 10.2 Å². The average molecular weight is 607 g/mol. The largest absolute Gasteiger partial charge is 0.458 e. The lowest BCUT2D eigenvalue weighted by Crippen LogP contribution is -2.83. The zero-order valence-corrected chi connectivity index (χ0v) is 24.9. The fourth-order valence-electron chi connectivity index (χ4n) is 5.14. The highest BCUT2D eigenvalue weighted by molar-refractivity contribution is 8.03. The highest BCUT2D eigenvalue weighted by Gasteiger charge is 2.68. The number of nitrogens with one attached hydrogen (secondary N) is 1. The van der Waals surface area contributed by atoms with E-state index in [2.05, 4.69) is 5.32 Å². The van der Waals surface area contributed by atoms with E-state index in [0.717, 1.165) is 16.0 Å². The molecule has 11 heteroatoms. The molecule has 0 spiro atoms. The minimum Gasteiger partial charge on any atom is -0.458 e. The molecule has 3 aromatic rings. The summed E-state index contributed by atoms with van der Waals surface area (Å²) in [6, 6.07) is 21.0. The van der Waals surface area contributed by atoms with E-state index < -0.39 is 47.2 Å². The molecule has 1 saturated heterocycles. The lowest BCUT2D eigenvalue weighted by Gasteiger charge is -2.57. The highest BCUT2D eigenvalue weighted by Crippen LogP contribution is 2.48. The lowest BCUT2D eigenvalue weighted by atomic mass is 9.92. The van der Waals surface area contributed by atoms with Crippen molar-refractivity contribution in [3.8, 4) is 0 Å². The molecule has 2 aromatic carbocycles. The van der Waals surface area contributed by atoms with Gasteiger partial charge in [0, 0.05) is 24.5 Å². The quantitative estimate of drug-likeness (QED) is 0.208. The minimum absolute atomic E-state index is 0.0827. The number of methoxy groups -OCH3 is 1. The third kappa shape index (κ3) is 5.72. The van der Waals surface area contributed by atoms with E-state index in [1.54, 1.807) is 12.3 Å². The van der Waals surface area contributed by atoms with Crippen molar-refractivity contribution >= 4 is 46.9 Å². The summed E-state index contributed by atoms with van der Waals surface area (Å²) in [5, 5.41) is 5.55. The molecule has 42 heavy (non-hydrogen) atoms. The van der Waals surface area contributed by atoms with Crippen molar-refractivity contribution < 1.29 is 33.4 Å². The van der Waals surface area contributed by atoms with Gasteiger partial charge in [-0.25, -0.2) is 4.79 Å². The molecule has 1 aromatic heterocycles. The Bertz CT molecular complexity index is 1440. The summed E-state index contributed by atoms with van der Waals surface area (Å²) >= 11 is 2.64. The molecule has 0 radical (unpaired) electrons. The van der Waals surface area contributed by atoms with Gasteiger partial charge in [0.15, 0.2) is 12.1 Å². The molecular weight excluding hydrogens is 576 g/mol. The Kier molecular flexibility index (Phi) is 8.81. The molecule has 0 saturated carbocycles. The van der Waals surface area contributed by atoms with Gasteiger partial charge in [-0.15, -0.1) is 23.1 Å². The standard InChI is InChI=1S/C31H30N2O7S2/c1-19(39-20(2)34)24-18-42-30-31(38-3,32-25(35)17-23-15-10-16-41-23)29(37)33(30)26(24)28(36)40-27(21-11-6-4-7-12-21)22-13-8-5-9-14-22/h4-16,18-19,26-27,30H,17H2,1-3H3,(H,32,35)/t19?,26?,30-,31-/m0/s1. The summed E-state index contributed by atoms with van der Waals surface area (Å²) in [7, 11) is 1.34. The molecule has 218 valence electrons. The first kappa shape index (κ1) is 29.6. The Morgan fingerprint density at radius 2 is 1.62 bits per heavy atom. The summed E-state index contributed by atoms with van der Waals surface area (Å²) in [6.07, 6.45) is -1.49. The van der Waals surface area contributed by atoms with Gasteiger partial charge in [-0.1, -0.05) is 66.7 Å². The van der Waals surface area contributed by atoms with Crippen LogP contribution in [0.2, 0.25) is 0 Å². The number of benzene rings is 2. The third-order valence-electron chi connectivity index (χ3n) is 7.12. The van der Waals surface area contributed by atoms with Gasteiger partial charge in [0.2, 0.25) is 5.91 Å². The molecule has 2 unspecified atom stereocenters. The Labute approximate surface area is 251 Å². The molecular formula is C31H30N2O7S2. The van der Waals surface area contributed by atoms with E-state index in [1.807, 2.05) is 78.2 Å². The number of thioether (sulfide) groups is 1. The van der Waals surface area contributed by atoms with E-state index in [0.29, 0.717) is 5.57 Å². The number of hydrogen-bond donors (Lipinski definition) is 1. The monoisotopic (exact) mass is 606 g/mol. The number of nitrogens with zero attached hydrogens (tertiary/aromatic N) is 1. The van der Waals surface area contributed by atoms with Gasteiger partial charge in [-0.05, 0) is 34.9 Å². The second-order valence-corrected chi connectivity index (χ2v) is 11.8. The summed E-state index contributed by atoms with van der Waals surface area (Å²) in [4.78, 5) is 54.9. The van der Waals surface area contributed by atoms with Crippen LogP contribution in [0.4, 0.5) is 0 Å². The SMILES string of the molecule is CO[C@@]1(NC(=O)Cc2cccs2)C(=O)N2C(C(=O)OC(c3ccccc3)c3ccccc3)C(C(C)OC(C)=O)=CS[C@H]21. The molecule has 0 aliphatic carbocycles. The molecule has 3 heterocycles. The Morgan fingerprint density at radius 3 is 2.17 bits per heavy atom. The predicted octanol–water partition coefficient (Wildman–Crippen LogP) is 4.20. The van der Waals surface area contributed by atoms with Crippen molar-refractivity contribution in [3.05, 3.63) is 105 Å². The van der Waals surface area contributed by atoms with Crippen molar-refractivity contribution in [1.29, 1.82) is 0 Å². The number of β-lactam (4-membered cyclic amide) rings is 1. The number of esters is 2. The first-order valence-electron chi connectivity index (χ1n) is 13.3. The van der Waals surface area contributed by atoms with Gasteiger partial charge in [-0.3, -0.25) is 14.4 Å². The van der Waals surface area contributed by atoms with Gasteiger partial charge < -0.3 is 24.4 Å². The van der Waals surface area contributed by atoms with Gasteiger partial charge in [-0.2, -0.15) is 0 Å². The van der Waals surface area contributed by atoms with E-state index in [-0.39, 0.29) is 12.3 Å². The first-order chi connectivity index (χ1) is 20.2. The fraction of sp³-hybridized carbons (Fsp3) is 0.290. The van der Waals surface area contributed by atoms with Crippen molar-refractivity contribution in [2.24, 2.45) is 0 Å². The number of carbonyl (C=O) groups is 4. The van der Waals surface area contributed by atoms with Crippen LogP contribution in [0.3, 0.4) is 0 Å². The number of rotatable bonds is 10. The number of fused-ring (bicyclic) bond motifs is 1. The van der Waals surface area contributed by atoms with Gasteiger partial charge >= 0.3 is 11.9 Å². The van der Waals surface area contributed by atoms with Crippen molar-refractivity contribution in [3.63, 3.8) is 0 Å². The topological polar surface area (TPSA) is 111 Å². The van der Waals surface area contributed by atoms with E-state index >= 15 is 0 Å². The van der Waals surface area contributed by atoms with Crippen LogP contribution in [0.1, 0.15) is 36.0 Å². The maximum Gasteiger partial charge on any atom is 0.334 e. The molecule has 1 fully saturated rings. The summed E-state index contributed by atoms with van der Waals surface area (Å²) in [5.74, 6) is -2.22. The Hall–Kier alpha value is -3.93. The van der Waals surface area contributed by atoms with Crippen LogP contribution < -0.4 is 5.32 Å². The molecule has 9 nitrogen and oxygen atoms in total. The average Bonchev–Trinajstić information content (AvgIpc) is 3.51. The second-order valence-electron chi connectivity index (χ2n) is 9.86. The molecule has 1 N–H and O–H groups in total. The smallest absolute Gasteiger partial charge is 0.334 e. The zero-order chi connectivity index (χ0) is 29.9. The van der Waals surface area contributed by atoms with Crippen LogP contribution in [0.5, 0.6) is 0 Å². The maximum absolute atomic E-state index is 14.1. The van der Waals surface area contributed by atoms with Crippen molar-refractivity contribution in [2.45, 2.75) is 49.6 Å². The van der Waals surface area contributed by atoms with Gasteiger partial charge in [0.05, 0.1) is 6.42 Å². The molecule has 0 bridgehead atoms. The fourth-order valence-corrected chi connectivity index (χ4v) is 7.25. The van der Waals surface area contributed by atoms with E-state index in [9.17, 15) is 19.2 Å². The third-order valence-corrected chi connectivity index (χ3v) is 9.22. The summed E-state index contributed by atoms with van der Waals surface area (Å²) < 4.78 is 17.2. The van der Waals surface area contributed by atoms with Gasteiger partial charge in [0.1, 0.15) is 11.5 Å². The molecule has 2 amide bonds. The molecule has 2 aliphatic rings. The van der Waals surface area contributed by atoms with Crippen LogP contribution >= 0.6 is 23.1 Å². The van der Waals surface area contributed by atoms with E-state index in [1.165, 1.54) is 42.0 Å². The number of carbonyl (C=O) groups excluding carboxylic acids is 4. The van der Waals surface area contributed by atoms with Crippen LogP contribution in [0, 0.1) is 0 Å². The summed E-state index contributed by atoms with van der Waals surface area (Å²) in [5.41, 5.74) is 0.209. The second kappa shape index (κ2) is 12.5. The molecule has 4 atom stereocenters. The summed E-state index contributed by atoms with van der Waals surface area (Å²) in [6.45, 7) is 2.91. The molecule has 2 aliphatic heterocycles. The van der Waals surface area contributed by atoms with E-state index in [4.69, 9.17) is 14.2 Å². The number of ether oxygens (including phenoxy) is 3. The Morgan fingerprint density at radius 1 is 0.976 bits per heavy atom. The van der Waals surface area contributed by atoms with Crippen LogP contribution in [0.15, 0.2) is 89.2 Å². The highest BCUT2D eigenvalue weighted by atomic mass is 32.2. The van der Waals surface area contributed by atoms with Crippen LogP contribution in [0.25, 0.3) is 0 Å². The molecule has 5 rings (SSSR count). The van der Waals surface area contributed by atoms with Crippen LogP contribution in [-0.4, -0.2) is 59.0 Å². The number of hydrogen-bond acceptors (Lipinski definition) is 9. The van der Waals surface area contributed by atoms with Crippen molar-refractivity contribution in [2.75, 3.05) is 7.11 Å². The number of thiophene rings is 1. The maximum atomic E-state index is 14.1. The predicted molar refractivity (Wildman–Crippen MR) is 158 cm³/mol. The Balaban J connectivity index is 1.46.